The van der Waals surface area contributed by atoms with Crippen LogP contribution in [0.2, 0.25) is 5.02 Å². The van der Waals surface area contributed by atoms with Gasteiger partial charge in [0.2, 0.25) is 0 Å². The van der Waals surface area contributed by atoms with Gasteiger partial charge in [-0.25, -0.2) is 9.37 Å². The Bertz CT molecular complexity index is 1370. The minimum absolute atomic E-state index is 0.0622. The lowest BCUT2D eigenvalue weighted by Crippen LogP contribution is -2.20. The van der Waals surface area contributed by atoms with Gasteiger partial charge in [-0.1, -0.05) is 45.7 Å². The van der Waals surface area contributed by atoms with Crippen molar-refractivity contribution in [3.63, 3.8) is 0 Å². The Morgan fingerprint density at radius 3 is 2.77 bits per heavy atom. The molecule has 0 N–H and O–H groups in total. The summed E-state index contributed by atoms with van der Waals surface area (Å²) in [6.07, 6.45) is 1.52. The fourth-order valence-electron chi connectivity index (χ4n) is 3.01. The van der Waals surface area contributed by atoms with Crippen molar-refractivity contribution < 1.29 is 9.13 Å². The number of nitrogens with zero attached hydrogens (tertiary/aromatic N) is 3. The summed E-state index contributed by atoms with van der Waals surface area (Å²) in [5.41, 5.74) is 1.45. The normalized spacial score (nSPS) is 11.4. The summed E-state index contributed by atoms with van der Waals surface area (Å²) in [4.78, 5) is 17.2. The van der Waals surface area contributed by atoms with Gasteiger partial charge in [0.05, 0.1) is 22.1 Å². The van der Waals surface area contributed by atoms with Crippen LogP contribution in [0, 0.1) is 12.7 Å². The van der Waals surface area contributed by atoms with Gasteiger partial charge in [-0.3, -0.25) is 4.79 Å². The van der Waals surface area contributed by atoms with Crippen LogP contribution < -0.4 is 10.3 Å². The SMILES string of the molecule is Cc1nc2ccc(Br)cc2c(=O)n1N=Cc1ccc(OCc2ccccc2F)c(Cl)c1. The first-order valence-corrected chi connectivity index (χ1v) is 10.5. The molecule has 0 aliphatic heterocycles. The highest BCUT2D eigenvalue weighted by Crippen LogP contribution is 2.26. The third-order valence-corrected chi connectivity index (χ3v) is 5.38. The summed E-state index contributed by atoms with van der Waals surface area (Å²) < 4.78 is 21.4. The first-order valence-electron chi connectivity index (χ1n) is 9.31. The van der Waals surface area contributed by atoms with Crippen molar-refractivity contribution in [2.75, 3.05) is 0 Å². The van der Waals surface area contributed by atoms with Gasteiger partial charge in [-0.15, -0.1) is 0 Å². The second-order valence-electron chi connectivity index (χ2n) is 6.75. The Morgan fingerprint density at radius 1 is 1.19 bits per heavy atom. The Kier molecular flexibility index (Phi) is 6.15. The number of aryl methyl sites for hydroxylation is 1. The summed E-state index contributed by atoms with van der Waals surface area (Å²) in [6, 6.07) is 16.8. The number of halogens is 3. The molecule has 8 heteroatoms. The van der Waals surface area contributed by atoms with Gasteiger partial charge in [0.15, 0.2) is 0 Å². The highest BCUT2D eigenvalue weighted by Gasteiger charge is 2.09. The average molecular weight is 501 g/mol. The zero-order valence-corrected chi connectivity index (χ0v) is 18.7. The predicted octanol–water partition coefficient (Wildman–Crippen LogP) is 5.72. The molecule has 3 aromatic carbocycles. The summed E-state index contributed by atoms with van der Waals surface area (Å²) >= 11 is 9.68. The van der Waals surface area contributed by atoms with Crippen molar-refractivity contribution >= 4 is 44.6 Å². The average Bonchev–Trinajstić information content (AvgIpc) is 2.74. The lowest BCUT2D eigenvalue weighted by atomic mass is 10.2. The van der Waals surface area contributed by atoms with Crippen LogP contribution in [0.1, 0.15) is 17.0 Å². The number of hydrogen-bond acceptors (Lipinski definition) is 4. The highest BCUT2D eigenvalue weighted by atomic mass is 79.9. The van der Waals surface area contributed by atoms with E-state index in [1.54, 1.807) is 55.5 Å². The first kappa shape index (κ1) is 21.2. The van der Waals surface area contributed by atoms with Gasteiger partial charge in [0.1, 0.15) is 24.0 Å². The Morgan fingerprint density at radius 2 is 2.00 bits per heavy atom. The van der Waals surface area contributed by atoms with Crippen molar-refractivity contribution in [1.82, 2.24) is 9.66 Å². The standard InChI is InChI=1S/C23H16BrClFN3O2/c1-14-28-21-8-7-17(24)11-18(21)23(30)29(14)27-12-15-6-9-22(19(25)10-15)31-13-16-4-2-3-5-20(16)26/h2-12H,13H2,1H3. The third kappa shape index (κ3) is 4.68. The topological polar surface area (TPSA) is 56.5 Å². The predicted molar refractivity (Wildman–Crippen MR) is 124 cm³/mol. The van der Waals surface area contributed by atoms with Crippen molar-refractivity contribution in [2.45, 2.75) is 13.5 Å². The van der Waals surface area contributed by atoms with Crippen LogP contribution in [-0.4, -0.2) is 15.9 Å². The van der Waals surface area contributed by atoms with Gasteiger partial charge in [-0.05, 0) is 55.0 Å². The van der Waals surface area contributed by atoms with Crippen molar-refractivity contribution in [3.05, 3.63) is 103 Å². The van der Waals surface area contributed by atoms with E-state index in [9.17, 15) is 9.18 Å². The Balaban J connectivity index is 1.57. The maximum absolute atomic E-state index is 13.7. The van der Waals surface area contributed by atoms with E-state index < -0.39 is 0 Å². The summed E-state index contributed by atoms with van der Waals surface area (Å²) in [5, 5.41) is 5.10. The van der Waals surface area contributed by atoms with Crippen LogP contribution in [-0.2, 0) is 6.61 Å². The van der Waals surface area contributed by atoms with Crippen molar-refractivity contribution in [2.24, 2.45) is 5.10 Å². The Labute approximate surface area is 190 Å². The smallest absolute Gasteiger partial charge is 0.282 e. The number of hydrogen-bond donors (Lipinski definition) is 0. The molecule has 0 amide bonds. The molecule has 0 aliphatic carbocycles. The van der Waals surface area contributed by atoms with E-state index in [2.05, 4.69) is 26.0 Å². The van der Waals surface area contributed by atoms with E-state index in [-0.39, 0.29) is 18.0 Å². The lowest BCUT2D eigenvalue weighted by Gasteiger charge is -2.09. The molecule has 0 atom stereocenters. The highest BCUT2D eigenvalue weighted by molar-refractivity contribution is 9.10. The molecule has 31 heavy (non-hydrogen) atoms. The van der Waals surface area contributed by atoms with Gasteiger partial charge in [-0.2, -0.15) is 9.78 Å². The zero-order chi connectivity index (χ0) is 22.0. The second kappa shape index (κ2) is 8.99. The molecule has 1 aromatic heterocycles. The summed E-state index contributed by atoms with van der Waals surface area (Å²) in [5.74, 6) is 0.555. The van der Waals surface area contributed by atoms with Gasteiger partial charge >= 0.3 is 0 Å². The van der Waals surface area contributed by atoms with Crippen LogP contribution in [0.3, 0.4) is 0 Å². The number of aromatic nitrogens is 2. The van der Waals surface area contributed by atoms with E-state index in [0.29, 0.717) is 38.6 Å². The van der Waals surface area contributed by atoms with E-state index in [1.807, 2.05) is 6.07 Å². The molecule has 0 spiro atoms. The van der Waals surface area contributed by atoms with E-state index in [0.717, 1.165) is 4.47 Å². The van der Waals surface area contributed by atoms with E-state index in [4.69, 9.17) is 16.3 Å². The minimum atomic E-state index is -0.334. The third-order valence-electron chi connectivity index (χ3n) is 4.59. The number of rotatable bonds is 5. The second-order valence-corrected chi connectivity index (χ2v) is 8.07. The molecule has 5 nitrogen and oxygen atoms in total. The molecule has 0 fully saturated rings. The monoisotopic (exact) mass is 499 g/mol. The number of fused-ring (bicyclic) bond motifs is 1. The minimum Gasteiger partial charge on any atom is -0.487 e. The number of benzene rings is 3. The lowest BCUT2D eigenvalue weighted by molar-refractivity contribution is 0.300. The van der Waals surface area contributed by atoms with Gasteiger partial charge in [0, 0.05) is 10.0 Å². The molecule has 0 bridgehead atoms. The van der Waals surface area contributed by atoms with Gasteiger partial charge < -0.3 is 4.74 Å². The first-order chi connectivity index (χ1) is 14.9. The quantitative estimate of drug-likeness (QED) is 0.329. The van der Waals surface area contributed by atoms with Crippen LogP contribution >= 0.6 is 27.5 Å². The zero-order valence-electron chi connectivity index (χ0n) is 16.3. The molecule has 1 heterocycles. The molecule has 0 unspecified atom stereocenters. The van der Waals surface area contributed by atoms with Crippen LogP contribution in [0.4, 0.5) is 4.39 Å². The maximum Gasteiger partial charge on any atom is 0.282 e. The molecule has 0 saturated carbocycles. The van der Waals surface area contributed by atoms with E-state index >= 15 is 0 Å². The van der Waals surface area contributed by atoms with Crippen LogP contribution in [0.25, 0.3) is 10.9 Å². The molecular weight excluding hydrogens is 485 g/mol. The van der Waals surface area contributed by atoms with Crippen LogP contribution in [0.5, 0.6) is 5.75 Å². The summed E-state index contributed by atoms with van der Waals surface area (Å²) in [6.45, 7) is 1.78. The van der Waals surface area contributed by atoms with Crippen LogP contribution in [0.15, 0.2) is 75.0 Å². The van der Waals surface area contributed by atoms with Crippen molar-refractivity contribution in [3.8, 4) is 5.75 Å². The molecule has 0 aliphatic rings. The van der Waals surface area contributed by atoms with Crippen molar-refractivity contribution in [1.29, 1.82) is 0 Å². The fraction of sp³-hybridized carbons (Fsp3) is 0.0870. The largest absolute Gasteiger partial charge is 0.487 e. The maximum atomic E-state index is 13.7. The molecule has 156 valence electrons. The summed E-state index contributed by atoms with van der Waals surface area (Å²) in [7, 11) is 0. The molecule has 4 aromatic rings. The Hall–Kier alpha value is -3.03. The molecule has 0 saturated heterocycles. The molecule has 0 radical (unpaired) electrons. The fourth-order valence-corrected chi connectivity index (χ4v) is 3.61. The number of ether oxygens (including phenoxy) is 1. The van der Waals surface area contributed by atoms with E-state index in [1.165, 1.54) is 17.0 Å². The molecular formula is C23H16BrClFN3O2. The van der Waals surface area contributed by atoms with Gasteiger partial charge in [0.25, 0.3) is 5.56 Å². The molecule has 4 rings (SSSR count).